The van der Waals surface area contributed by atoms with E-state index in [0.29, 0.717) is 24.2 Å². The highest BCUT2D eigenvalue weighted by atomic mass is 32.1. The fourth-order valence-corrected chi connectivity index (χ4v) is 6.30. The molecule has 0 N–H and O–H groups in total. The van der Waals surface area contributed by atoms with Gasteiger partial charge in [0.1, 0.15) is 0 Å². The summed E-state index contributed by atoms with van der Waals surface area (Å²) in [4.78, 5) is 32.1. The average Bonchev–Trinajstić information content (AvgIpc) is 3.37. The van der Waals surface area contributed by atoms with Gasteiger partial charge in [-0.1, -0.05) is 48.5 Å². The molecule has 2 fully saturated rings. The molecule has 1 saturated heterocycles. The molecule has 1 saturated carbocycles. The van der Waals surface area contributed by atoms with Crippen molar-refractivity contribution in [1.82, 2.24) is 9.80 Å². The van der Waals surface area contributed by atoms with E-state index in [1.165, 1.54) is 23.3 Å². The lowest BCUT2D eigenvalue weighted by Gasteiger charge is -2.46. The third-order valence-corrected chi connectivity index (χ3v) is 8.75. The van der Waals surface area contributed by atoms with Gasteiger partial charge in [0, 0.05) is 49.1 Å². The van der Waals surface area contributed by atoms with Gasteiger partial charge in [0.05, 0.1) is 4.88 Å². The third kappa shape index (κ3) is 6.09. The second-order valence-corrected chi connectivity index (χ2v) is 11.1. The van der Waals surface area contributed by atoms with Gasteiger partial charge in [0.25, 0.3) is 5.91 Å². The Morgan fingerprint density at radius 3 is 2.20 bits per heavy atom. The summed E-state index contributed by atoms with van der Waals surface area (Å²) in [5.74, 6) is 1.11. The lowest BCUT2D eigenvalue weighted by Crippen LogP contribution is -2.55. The number of benzene rings is 2. The number of carbonyl (C=O) groups excluding carboxylic acids is 2. The van der Waals surface area contributed by atoms with Crippen LogP contribution in [0.5, 0.6) is 0 Å². The van der Waals surface area contributed by atoms with Gasteiger partial charge in [-0.25, -0.2) is 0 Å². The summed E-state index contributed by atoms with van der Waals surface area (Å²) in [6, 6.07) is 24.9. The Kier molecular flexibility index (Phi) is 7.75. The first kappa shape index (κ1) is 24.0. The van der Waals surface area contributed by atoms with Crippen LogP contribution in [0.4, 0.5) is 0 Å². The second-order valence-electron chi connectivity index (χ2n) is 9.90. The number of Topliss-reactive ketones (excluding diaryl/α,β-unsaturated/α-hetero) is 1. The summed E-state index contributed by atoms with van der Waals surface area (Å²) in [6.07, 6.45) is 6.05. The minimum absolute atomic E-state index is 0.145. The van der Waals surface area contributed by atoms with E-state index < -0.39 is 0 Å². The van der Waals surface area contributed by atoms with Crippen molar-refractivity contribution in [3.8, 4) is 0 Å². The zero-order chi connectivity index (χ0) is 24.0. The number of amides is 1. The summed E-state index contributed by atoms with van der Waals surface area (Å²) in [7, 11) is 0. The van der Waals surface area contributed by atoms with Gasteiger partial charge in [-0.05, 0) is 67.9 Å². The van der Waals surface area contributed by atoms with Crippen LogP contribution >= 0.6 is 11.3 Å². The summed E-state index contributed by atoms with van der Waals surface area (Å²) >= 11 is 1.67. The molecule has 1 amide bonds. The van der Waals surface area contributed by atoms with E-state index in [0.717, 1.165) is 55.9 Å². The third-order valence-electron chi connectivity index (χ3n) is 7.57. The van der Waals surface area contributed by atoms with Crippen LogP contribution < -0.4 is 0 Å². The fourth-order valence-electron chi connectivity index (χ4n) is 5.32. The van der Waals surface area contributed by atoms with Crippen molar-refractivity contribution in [1.29, 1.82) is 0 Å². The number of carbonyl (C=O) groups is 2. The largest absolute Gasteiger partial charge is 0.336 e. The summed E-state index contributed by atoms with van der Waals surface area (Å²) < 4.78 is 0. The minimum Gasteiger partial charge on any atom is -0.336 e. The van der Waals surface area contributed by atoms with E-state index in [1.54, 1.807) is 11.3 Å². The van der Waals surface area contributed by atoms with E-state index in [-0.39, 0.29) is 5.91 Å². The first-order valence-electron chi connectivity index (χ1n) is 12.9. The summed E-state index contributed by atoms with van der Waals surface area (Å²) in [5, 5.41) is 0. The van der Waals surface area contributed by atoms with Crippen LogP contribution in [0.25, 0.3) is 0 Å². The Balaban J connectivity index is 0.998. The molecule has 1 aliphatic carbocycles. The van der Waals surface area contributed by atoms with Crippen molar-refractivity contribution in [3.05, 3.63) is 93.7 Å². The molecule has 2 heterocycles. The van der Waals surface area contributed by atoms with Crippen LogP contribution in [0.2, 0.25) is 0 Å². The SMILES string of the molecule is O=C(CCC1CC(N2CCN(C(=O)c3ccccc3)CC2)C1)c1ccc(CCc2ccccc2)s1. The molecule has 182 valence electrons. The highest BCUT2D eigenvalue weighted by Crippen LogP contribution is 2.36. The lowest BCUT2D eigenvalue weighted by atomic mass is 9.76. The molecule has 1 aromatic heterocycles. The predicted octanol–water partition coefficient (Wildman–Crippen LogP) is 5.73. The van der Waals surface area contributed by atoms with Gasteiger partial charge in [-0.15, -0.1) is 11.3 Å². The van der Waals surface area contributed by atoms with E-state index >= 15 is 0 Å². The van der Waals surface area contributed by atoms with Crippen molar-refractivity contribution in [3.63, 3.8) is 0 Å². The normalized spacial score (nSPS) is 20.4. The molecule has 1 aliphatic heterocycles. The molecule has 5 rings (SSSR count). The molecule has 2 aromatic carbocycles. The van der Waals surface area contributed by atoms with Crippen molar-refractivity contribution >= 4 is 23.0 Å². The molecule has 0 radical (unpaired) electrons. The number of hydrogen-bond donors (Lipinski definition) is 0. The number of thiophene rings is 1. The molecular formula is C30H34N2O2S. The Labute approximate surface area is 212 Å². The number of rotatable bonds is 9. The van der Waals surface area contributed by atoms with Crippen molar-refractivity contribution in [2.75, 3.05) is 26.2 Å². The quantitative estimate of drug-likeness (QED) is 0.363. The van der Waals surface area contributed by atoms with E-state index in [9.17, 15) is 9.59 Å². The molecule has 2 aliphatic rings. The Hall–Kier alpha value is -2.76. The molecule has 0 atom stereocenters. The highest BCUT2D eigenvalue weighted by Gasteiger charge is 2.35. The maximum absolute atomic E-state index is 12.7. The monoisotopic (exact) mass is 486 g/mol. The molecule has 5 heteroatoms. The van der Waals surface area contributed by atoms with Crippen LogP contribution in [0.15, 0.2) is 72.8 Å². The first-order valence-corrected chi connectivity index (χ1v) is 13.7. The van der Waals surface area contributed by atoms with E-state index in [2.05, 4.69) is 35.2 Å². The maximum atomic E-state index is 12.7. The van der Waals surface area contributed by atoms with Gasteiger partial charge in [-0.2, -0.15) is 0 Å². The zero-order valence-electron chi connectivity index (χ0n) is 20.3. The number of piperazine rings is 1. The van der Waals surface area contributed by atoms with Crippen LogP contribution in [0.3, 0.4) is 0 Å². The molecule has 0 bridgehead atoms. The van der Waals surface area contributed by atoms with Gasteiger partial charge in [0.15, 0.2) is 5.78 Å². The Morgan fingerprint density at radius 2 is 1.49 bits per heavy atom. The molecule has 4 nitrogen and oxygen atoms in total. The van der Waals surface area contributed by atoms with Crippen LogP contribution in [0.1, 0.15) is 56.2 Å². The lowest BCUT2D eigenvalue weighted by molar-refractivity contribution is 0.0270. The summed E-state index contributed by atoms with van der Waals surface area (Å²) in [6.45, 7) is 3.52. The van der Waals surface area contributed by atoms with Gasteiger partial charge in [-0.3, -0.25) is 14.5 Å². The summed E-state index contributed by atoms with van der Waals surface area (Å²) in [5.41, 5.74) is 2.13. The van der Waals surface area contributed by atoms with Gasteiger partial charge >= 0.3 is 0 Å². The Morgan fingerprint density at radius 1 is 0.800 bits per heavy atom. The van der Waals surface area contributed by atoms with Gasteiger partial charge in [0.2, 0.25) is 0 Å². The first-order chi connectivity index (χ1) is 17.2. The predicted molar refractivity (Wildman–Crippen MR) is 142 cm³/mol. The van der Waals surface area contributed by atoms with E-state index in [1.807, 2.05) is 47.4 Å². The van der Waals surface area contributed by atoms with Crippen LogP contribution in [0, 0.1) is 5.92 Å². The molecule has 0 unspecified atom stereocenters. The van der Waals surface area contributed by atoms with Gasteiger partial charge < -0.3 is 4.90 Å². The van der Waals surface area contributed by atoms with Crippen LogP contribution in [-0.4, -0.2) is 53.7 Å². The standard InChI is InChI=1S/C30H34N2O2S/c33-28(29-16-14-27(35-29)13-11-23-7-3-1-4-8-23)15-12-24-21-26(22-24)31-17-19-32(20-18-31)30(34)25-9-5-2-6-10-25/h1-10,14,16,24,26H,11-13,15,17-22H2. The Bertz CT molecular complexity index is 1110. The van der Waals surface area contributed by atoms with E-state index in [4.69, 9.17) is 0 Å². The van der Waals surface area contributed by atoms with Crippen LogP contribution in [-0.2, 0) is 12.8 Å². The minimum atomic E-state index is 0.145. The number of ketones is 1. The highest BCUT2D eigenvalue weighted by molar-refractivity contribution is 7.14. The molecule has 0 spiro atoms. The molecule has 3 aromatic rings. The smallest absolute Gasteiger partial charge is 0.253 e. The van der Waals surface area contributed by atoms with Crippen molar-refractivity contribution in [2.24, 2.45) is 5.92 Å². The fraction of sp³-hybridized carbons (Fsp3) is 0.400. The van der Waals surface area contributed by atoms with Crippen molar-refractivity contribution in [2.45, 2.75) is 44.6 Å². The second kappa shape index (κ2) is 11.3. The molecular weight excluding hydrogens is 452 g/mol. The number of hydrogen-bond acceptors (Lipinski definition) is 4. The average molecular weight is 487 g/mol. The number of aryl methyl sites for hydroxylation is 2. The zero-order valence-corrected chi connectivity index (χ0v) is 21.1. The molecule has 35 heavy (non-hydrogen) atoms. The topological polar surface area (TPSA) is 40.6 Å². The number of nitrogens with zero attached hydrogens (tertiary/aromatic N) is 2. The maximum Gasteiger partial charge on any atom is 0.253 e. The van der Waals surface area contributed by atoms with Crippen molar-refractivity contribution < 1.29 is 9.59 Å².